The van der Waals surface area contributed by atoms with Crippen molar-refractivity contribution in [3.63, 3.8) is 0 Å². The summed E-state index contributed by atoms with van der Waals surface area (Å²) in [5.41, 5.74) is 2.76. The Bertz CT molecular complexity index is 1020. The van der Waals surface area contributed by atoms with E-state index in [-0.39, 0.29) is 18.1 Å². The van der Waals surface area contributed by atoms with Crippen LogP contribution in [0.4, 0.5) is 13.2 Å². The molecule has 0 saturated heterocycles. The number of nitrogens with zero attached hydrogens (tertiary/aromatic N) is 2. The summed E-state index contributed by atoms with van der Waals surface area (Å²) in [4.78, 5) is 20.6. The molecule has 2 heterocycles. The van der Waals surface area contributed by atoms with Crippen LogP contribution in [0, 0.1) is 6.92 Å². The van der Waals surface area contributed by atoms with Gasteiger partial charge < -0.3 is 4.74 Å². The molecule has 0 saturated carbocycles. The molecule has 0 aliphatic rings. The first-order valence-corrected chi connectivity index (χ1v) is 8.99. The van der Waals surface area contributed by atoms with Gasteiger partial charge >= 0.3 is 6.18 Å². The Labute approximate surface area is 170 Å². The van der Waals surface area contributed by atoms with Crippen LogP contribution in [0.15, 0.2) is 55.0 Å². The van der Waals surface area contributed by atoms with Crippen LogP contribution >= 0.6 is 11.6 Å². The predicted octanol–water partition coefficient (Wildman–Crippen LogP) is 5.47. The number of aryl methyl sites for hydroxylation is 1. The van der Waals surface area contributed by atoms with Crippen LogP contribution in [0.3, 0.4) is 0 Å². The Morgan fingerprint density at radius 1 is 1.14 bits per heavy atom. The number of benzene rings is 1. The molecule has 0 amide bonds. The first-order valence-electron chi connectivity index (χ1n) is 8.61. The van der Waals surface area contributed by atoms with E-state index < -0.39 is 12.8 Å². The second-order valence-electron chi connectivity index (χ2n) is 6.40. The third-order valence-corrected chi connectivity index (χ3v) is 4.37. The molecule has 1 aromatic carbocycles. The number of Topliss-reactive ketones (excluding diaryl/α,β-unsaturated/α-hetero) is 1. The molecule has 0 aliphatic carbocycles. The van der Waals surface area contributed by atoms with E-state index in [0.29, 0.717) is 27.3 Å². The standard InChI is InChI=1S/C21H16ClF3N2O2/c1-13-10-26-7-6-17(13)19(28)9-14-8-18(15-2-4-16(22)5-3-15)20(27-11-14)29-12-21(23,24)25/h2-8,10-11H,9,12H2,1H3. The molecule has 0 aliphatic heterocycles. The molecule has 0 spiro atoms. The fourth-order valence-corrected chi connectivity index (χ4v) is 2.89. The third kappa shape index (κ3) is 5.54. The second-order valence-corrected chi connectivity index (χ2v) is 6.83. The Morgan fingerprint density at radius 2 is 1.86 bits per heavy atom. The minimum Gasteiger partial charge on any atom is -0.468 e. The molecule has 0 unspecified atom stereocenters. The summed E-state index contributed by atoms with van der Waals surface area (Å²) in [5.74, 6) is -0.307. The maximum Gasteiger partial charge on any atom is 0.422 e. The number of pyridine rings is 2. The molecule has 0 fully saturated rings. The van der Waals surface area contributed by atoms with Crippen LogP contribution in [0.25, 0.3) is 11.1 Å². The van der Waals surface area contributed by atoms with Crippen molar-refractivity contribution in [1.82, 2.24) is 9.97 Å². The largest absolute Gasteiger partial charge is 0.468 e. The number of ether oxygens (including phenoxy) is 1. The molecule has 2 aromatic heterocycles. The minimum absolute atomic E-state index is 0.0397. The summed E-state index contributed by atoms with van der Waals surface area (Å²) in [5, 5.41) is 0.485. The van der Waals surface area contributed by atoms with Crippen LogP contribution in [-0.4, -0.2) is 28.5 Å². The van der Waals surface area contributed by atoms with E-state index in [4.69, 9.17) is 16.3 Å². The summed E-state index contributed by atoms with van der Waals surface area (Å²) < 4.78 is 42.6. The zero-order chi connectivity index (χ0) is 21.0. The number of halogens is 4. The lowest BCUT2D eigenvalue weighted by Crippen LogP contribution is -2.20. The Kier molecular flexibility index (Phi) is 6.17. The molecular formula is C21H16ClF3N2O2. The lowest BCUT2D eigenvalue weighted by Gasteiger charge is -2.14. The summed E-state index contributed by atoms with van der Waals surface area (Å²) in [7, 11) is 0. The van der Waals surface area contributed by atoms with Crippen LogP contribution in [-0.2, 0) is 6.42 Å². The van der Waals surface area contributed by atoms with Gasteiger partial charge in [0.05, 0.1) is 0 Å². The van der Waals surface area contributed by atoms with Crippen molar-refractivity contribution in [2.75, 3.05) is 6.61 Å². The first kappa shape index (κ1) is 20.8. The fraction of sp³-hybridized carbons (Fsp3) is 0.190. The fourth-order valence-electron chi connectivity index (χ4n) is 2.76. The highest BCUT2D eigenvalue weighted by molar-refractivity contribution is 6.30. The van der Waals surface area contributed by atoms with Crippen molar-refractivity contribution in [2.45, 2.75) is 19.5 Å². The van der Waals surface area contributed by atoms with Crippen molar-refractivity contribution in [1.29, 1.82) is 0 Å². The van der Waals surface area contributed by atoms with E-state index in [0.717, 1.165) is 5.56 Å². The maximum atomic E-state index is 12.6. The van der Waals surface area contributed by atoms with Crippen LogP contribution in [0.5, 0.6) is 5.88 Å². The summed E-state index contributed by atoms with van der Waals surface area (Å²) in [6.45, 7) is 0.320. The number of carbonyl (C=O) groups excluding carboxylic acids is 1. The van der Waals surface area contributed by atoms with Crippen molar-refractivity contribution < 1.29 is 22.7 Å². The summed E-state index contributed by atoms with van der Waals surface area (Å²) in [6, 6.07) is 9.77. The highest BCUT2D eigenvalue weighted by Crippen LogP contribution is 2.31. The molecule has 0 bridgehead atoms. The lowest BCUT2D eigenvalue weighted by atomic mass is 9.99. The average Bonchev–Trinajstić information content (AvgIpc) is 2.67. The second kappa shape index (κ2) is 8.61. The number of alkyl halides is 3. The Morgan fingerprint density at radius 3 is 2.52 bits per heavy atom. The first-order chi connectivity index (χ1) is 13.7. The third-order valence-electron chi connectivity index (χ3n) is 4.12. The van der Waals surface area contributed by atoms with Gasteiger partial charge in [0, 0.05) is 41.2 Å². The molecule has 8 heteroatoms. The van der Waals surface area contributed by atoms with Gasteiger partial charge in [-0.15, -0.1) is 0 Å². The molecule has 0 radical (unpaired) electrons. The quantitative estimate of drug-likeness (QED) is 0.496. The number of rotatable bonds is 6. The lowest BCUT2D eigenvalue weighted by molar-refractivity contribution is -0.154. The summed E-state index contributed by atoms with van der Waals surface area (Å²) >= 11 is 5.90. The topological polar surface area (TPSA) is 52.1 Å². The van der Waals surface area contributed by atoms with Gasteiger partial charge in [-0.2, -0.15) is 13.2 Å². The van der Waals surface area contributed by atoms with Crippen LogP contribution < -0.4 is 4.74 Å². The van der Waals surface area contributed by atoms with E-state index in [9.17, 15) is 18.0 Å². The number of aromatic nitrogens is 2. The van der Waals surface area contributed by atoms with Gasteiger partial charge in [-0.05, 0) is 47.9 Å². The van der Waals surface area contributed by atoms with E-state index in [1.165, 1.54) is 12.4 Å². The molecule has 150 valence electrons. The summed E-state index contributed by atoms with van der Waals surface area (Å²) in [6.07, 6.45) is 0.0222. The van der Waals surface area contributed by atoms with Gasteiger partial charge in [0.1, 0.15) is 0 Å². The molecular weight excluding hydrogens is 405 g/mol. The molecule has 29 heavy (non-hydrogen) atoms. The number of ketones is 1. The highest BCUT2D eigenvalue weighted by Gasteiger charge is 2.29. The van der Waals surface area contributed by atoms with E-state index >= 15 is 0 Å². The van der Waals surface area contributed by atoms with Crippen molar-refractivity contribution in [3.05, 3.63) is 76.7 Å². The number of hydrogen-bond acceptors (Lipinski definition) is 4. The van der Waals surface area contributed by atoms with Gasteiger partial charge in [0.2, 0.25) is 5.88 Å². The van der Waals surface area contributed by atoms with Crippen molar-refractivity contribution in [2.24, 2.45) is 0 Å². The highest BCUT2D eigenvalue weighted by atomic mass is 35.5. The Balaban J connectivity index is 1.93. The molecule has 4 nitrogen and oxygen atoms in total. The zero-order valence-electron chi connectivity index (χ0n) is 15.3. The zero-order valence-corrected chi connectivity index (χ0v) is 16.1. The number of carbonyl (C=O) groups is 1. The molecule has 0 atom stereocenters. The predicted molar refractivity (Wildman–Crippen MR) is 103 cm³/mol. The van der Waals surface area contributed by atoms with Gasteiger partial charge in [0.15, 0.2) is 12.4 Å². The molecule has 3 rings (SSSR count). The van der Waals surface area contributed by atoms with Crippen LogP contribution in [0.2, 0.25) is 5.02 Å². The molecule has 3 aromatic rings. The molecule has 0 N–H and O–H groups in total. The van der Waals surface area contributed by atoms with Crippen molar-refractivity contribution in [3.8, 4) is 17.0 Å². The van der Waals surface area contributed by atoms with E-state index in [2.05, 4.69) is 9.97 Å². The van der Waals surface area contributed by atoms with Crippen molar-refractivity contribution >= 4 is 17.4 Å². The smallest absolute Gasteiger partial charge is 0.422 e. The van der Waals surface area contributed by atoms with E-state index in [1.807, 2.05) is 0 Å². The maximum absolute atomic E-state index is 12.6. The minimum atomic E-state index is -4.49. The number of hydrogen-bond donors (Lipinski definition) is 0. The van der Waals surface area contributed by atoms with E-state index in [1.54, 1.807) is 49.5 Å². The Hall–Kier alpha value is -2.93. The van der Waals surface area contributed by atoms with Gasteiger partial charge in [0.25, 0.3) is 0 Å². The monoisotopic (exact) mass is 420 g/mol. The normalized spacial score (nSPS) is 11.3. The SMILES string of the molecule is Cc1cnccc1C(=O)Cc1cnc(OCC(F)(F)F)c(-c2ccc(Cl)cc2)c1. The van der Waals surface area contributed by atoms with Crippen LogP contribution in [0.1, 0.15) is 21.5 Å². The van der Waals surface area contributed by atoms with Gasteiger partial charge in [-0.3, -0.25) is 9.78 Å². The average molecular weight is 421 g/mol. The van der Waals surface area contributed by atoms with Gasteiger partial charge in [-0.25, -0.2) is 4.98 Å². The van der Waals surface area contributed by atoms with Gasteiger partial charge in [-0.1, -0.05) is 23.7 Å².